The third kappa shape index (κ3) is 4.47. The number of hydrogen-bond donors (Lipinski definition) is 0. The highest BCUT2D eigenvalue weighted by molar-refractivity contribution is 7.16. The van der Waals surface area contributed by atoms with Crippen molar-refractivity contribution in [2.24, 2.45) is 0 Å². The SMILES string of the molecule is CN(CC(=O)N1CCN(c2ccccn2)CC1)Cc1ccc(Cl)s1. The summed E-state index contributed by atoms with van der Waals surface area (Å²) in [6, 6.07) is 9.83. The van der Waals surface area contributed by atoms with Crippen molar-refractivity contribution in [1.29, 1.82) is 0 Å². The zero-order valence-electron chi connectivity index (χ0n) is 13.7. The van der Waals surface area contributed by atoms with Crippen molar-refractivity contribution in [2.45, 2.75) is 6.54 Å². The van der Waals surface area contributed by atoms with Gasteiger partial charge in [-0.2, -0.15) is 0 Å². The number of piperazine rings is 1. The molecule has 0 N–H and O–H groups in total. The van der Waals surface area contributed by atoms with Crippen LogP contribution in [0.3, 0.4) is 0 Å². The third-order valence-electron chi connectivity index (χ3n) is 4.07. The second-order valence-electron chi connectivity index (χ2n) is 5.93. The summed E-state index contributed by atoms with van der Waals surface area (Å²) in [7, 11) is 1.97. The summed E-state index contributed by atoms with van der Waals surface area (Å²) < 4.78 is 0.787. The Morgan fingerprint density at radius 3 is 2.67 bits per heavy atom. The fourth-order valence-electron chi connectivity index (χ4n) is 2.82. The van der Waals surface area contributed by atoms with E-state index in [0.717, 1.165) is 42.9 Å². The van der Waals surface area contributed by atoms with Gasteiger partial charge in [0.25, 0.3) is 0 Å². The van der Waals surface area contributed by atoms with Gasteiger partial charge < -0.3 is 9.80 Å². The van der Waals surface area contributed by atoms with E-state index in [2.05, 4.69) is 9.88 Å². The number of halogens is 1. The summed E-state index contributed by atoms with van der Waals surface area (Å²) in [6.45, 7) is 4.32. The van der Waals surface area contributed by atoms with Crippen LogP contribution in [0.5, 0.6) is 0 Å². The highest BCUT2D eigenvalue weighted by Crippen LogP contribution is 2.22. The van der Waals surface area contributed by atoms with Gasteiger partial charge in [0.15, 0.2) is 0 Å². The van der Waals surface area contributed by atoms with Gasteiger partial charge in [-0.15, -0.1) is 11.3 Å². The van der Waals surface area contributed by atoms with Crippen LogP contribution in [0.1, 0.15) is 4.88 Å². The molecule has 0 saturated carbocycles. The lowest BCUT2D eigenvalue weighted by Crippen LogP contribution is -2.51. The zero-order valence-corrected chi connectivity index (χ0v) is 15.3. The molecule has 3 heterocycles. The molecule has 0 unspecified atom stereocenters. The molecule has 1 saturated heterocycles. The number of thiophene rings is 1. The minimum Gasteiger partial charge on any atom is -0.353 e. The van der Waals surface area contributed by atoms with Gasteiger partial charge in [0, 0.05) is 43.8 Å². The van der Waals surface area contributed by atoms with Crippen LogP contribution in [-0.2, 0) is 11.3 Å². The molecule has 0 spiro atoms. The molecule has 0 atom stereocenters. The van der Waals surface area contributed by atoms with Crippen LogP contribution in [0.4, 0.5) is 5.82 Å². The minimum atomic E-state index is 0.181. The van der Waals surface area contributed by atoms with Crippen LogP contribution in [0.15, 0.2) is 36.5 Å². The molecular formula is C17H21ClN4OS. The summed E-state index contributed by atoms with van der Waals surface area (Å²) >= 11 is 7.51. The largest absolute Gasteiger partial charge is 0.353 e. The van der Waals surface area contributed by atoms with Crippen LogP contribution in [0.25, 0.3) is 0 Å². The third-order valence-corrected chi connectivity index (χ3v) is 5.28. The molecule has 24 heavy (non-hydrogen) atoms. The van der Waals surface area contributed by atoms with E-state index in [9.17, 15) is 4.79 Å². The number of carbonyl (C=O) groups is 1. The van der Waals surface area contributed by atoms with E-state index in [4.69, 9.17) is 11.6 Å². The lowest BCUT2D eigenvalue weighted by Gasteiger charge is -2.36. The van der Waals surface area contributed by atoms with Gasteiger partial charge >= 0.3 is 0 Å². The molecular weight excluding hydrogens is 344 g/mol. The Labute approximate surface area is 151 Å². The van der Waals surface area contributed by atoms with Crippen molar-refractivity contribution in [2.75, 3.05) is 44.7 Å². The van der Waals surface area contributed by atoms with E-state index in [-0.39, 0.29) is 5.91 Å². The summed E-state index contributed by atoms with van der Waals surface area (Å²) in [6.07, 6.45) is 1.80. The summed E-state index contributed by atoms with van der Waals surface area (Å²) in [4.78, 5) is 24.2. The molecule has 1 aliphatic heterocycles. The number of likely N-dealkylation sites (N-methyl/N-ethyl adjacent to an activating group) is 1. The molecule has 2 aromatic heterocycles. The minimum absolute atomic E-state index is 0.181. The molecule has 1 aliphatic rings. The predicted molar refractivity (Wildman–Crippen MR) is 98.7 cm³/mol. The van der Waals surface area contributed by atoms with Gasteiger partial charge in [0.2, 0.25) is 5.91 Å². The molecule has 0 radical (unpaired) electrons. The number of amides is 1. The smallest absolute Gasteiger partial charge is 0.236 e. The van der Waals surface area contributed by atoms with Crippen LogP contribution in [-0.4, -0.2) is 60.5 Å². The first-order chi connectivity index (χ1) is 11.6. The quantitative estimate of drug-likeness (QED) is 0.817. The average Bonchev–Trinajstić information content (AvgIpc) is 3.00. The van der Waals surface area contributed by atoms with E-state index in [0.29, 0.717) is 6.54 Å². The number of hydrogen-bond acceptors (Lipinski definition) is 5. The Balaban J connectivity index is 1.46. The lowest BCUT2D eigenvalue weighted by molar-refractivity contribution is -0.132. The first kappa shape index (κ1) is 17.2. The van der Waals surface area contributed by atoms with Crippen molar-refractivity contribution in [3.8, 4) is 0 Å². The van der Waals surface area contributed by atoms with E-state index in [1.54, 1.807) is 17.5 Å². The van der Waals surface area contributed by atoms with Gasteiger partial charge in [-0.05, 0) is 31.3 Å². The molecule has 2 aromatic rings. The van der Waals surface area contributed by atoms with E-state index in [1.165, 1.54) is 4.88 Å². The zero-order chi connectivity index (χ0) is 16.9. The molecule has 0 aromatic carbocycles. The van der Waals surface area contributed by atoms with Crippen molar-refractivity contribution in [3.05, 3.63) is 45.7 Å². The average molecular weight is 365 g/mol. The van der Waals surface area contributed by atoms with Gasteiger partial charge in [0.05, 0.1) is 10.9 Å². The van der Waals surface area contributed by atoms with Crippen molar-refractivity contribution < 1.29 is 4.79 Å². The van der Waals surface area contributed by atoms with Gasteiger partial charge in [-0.25, -0.2) is 4.98 Å². The Morgan fingerprint density at radius 2 is 2.04 bits per heavy atom. The molecule has 3 rings (SSSR count). The number of pyridine rings is 1. The predicted octanol–water partition coefficient (Wildman–Crippen LogP) is 2.58. The van der Waals surface area contributed by atoms with E-state index < -0.39 is 0 Å². The van der Waals surface area contributed by atoms with Crippen molar-refractivity contribution in [3.63, 3.8) is 0 Å². The molecule has 128 valence electrons. The van der Waals surface area contributed by atoms with Gasteiger partial charge in [-0.1, -0.05) is 17.7 Å². The van der Waals surface area contributed by atoms with Crippen LogP contribution in [0, 0.1) is 0 Å². The summed E-state index contributed by atoms with van der Waals surface area (Å²) in [5, 5.41) is 0. The second-order valence-corrected chi connectivity index (χ2v) is 7.73. The number of rotatable bonds is 5. The fourth-order valence-corrected chi connectivity index (χ4v) is 3.98. The standard InChI is InChI=1S/C17H21ClN4OS/c1-20(12-14-5-6-15(18)24-14)13-17(23)22-10-8-21(9-11-22)16-4-2-3-7-19-16/h2-7H,8-13H2,1H3. The summed E-state index contributed by atoms with van der Waals surface area (Å²) in [5.74, 6) is 1.16. The van der Waals surface area contributed by atoms with Gasteiger partial charge in [0.1, 0.15) is 5.82 Å². The number of nitrogens with zero attached hydrogens (tertiary/aromatic N) is 4. The number of carbonyl (C=O) groups excluding carboxylic acids is 1. The Bertz CT molecular complexity index is 670. The number of aromatic nitrogens is 1. The highest BCUT2D eigenvalue weighted by Gasteiger charge is 2.22. The van der Waals surface area contributed by atoms with E-state index >= 15 is 0 Å². The van der Waals surface area contributed by atoms with Crippen LogP contribution >= 0.6 is 22.9 Å². The molecule has 1 fully saturated rings. The lowest BCUT2D eigenvalue weighted by atomic mass is 10.3. The maximum Gasteiger partial charge on any atom is 0.236 e. The van der Waals surface area contributed by atoms with Crippen LogP contribution < -0.4 is 4.90 Å². The first-order valence-electron chi connectivity index (χ1n) is 7.98. The normalized spacial score (nSPS) is 15.1. The Kier molecular flexibility index (Phi) is 5.71. The monoisotopic (exact) mass is 364 g/mol. The molecule has 0 aliphatic carbocycles. The molecule has 1 amide bonds. The summed E-state index contributed by atoms with van der Waals surface area (Å²) in [5.41, 5.74) is 0. The van der Waals surface area contributed by atoms with Crippen LogP contribution in [0.2, 0.25) is 4.34 Å². The molecule has 7 heteroatoms. The highest BCUT2D eigenvalue weighted by atomic mass is 35.5. The molecule has 0 bridgehead atoms. The fraction of sp³-hybridized carbons (Fsp3) is 0.412. The van der Waals surface area contributed by atoms with Crippen molar-refractivity contribution >= 4 is 34.7 Å². The number of anilines is 1. The maximum atomic E-state index is 12.5. The molecule has 5 nitrogen and oxygen atoms in total. The maximum absolute atomic E-state index is 12.5. The van der Waals surface area contributed by atoms with Crippen molar-refractivity contribution in [1.82, 2.24) is 14.8 Å². The Morgan fingerprint density at radius 1 is 1.25 bits per heavy atom. The first-order valence-corrected chi connectivity index (χ1v) is 9.18. The van der Waals surface area contributed by atoms with E-state index in [1.807, 2.05) is 47.2 Å². The van der Waals surface area contributed by atoms with Gasteiger partial charge in [-0.3, -0.25) is 9.69 Å². The topological polar surface area (TPSA) is 39.7 Å². The second kappa shape index (κ2) is 7.96. The Hall–Kier alpha value is -1.63.